The van der Waals surface area contributed by atoms with Crippen molar-refractivity contribution >= 4 is 29.2 Å². The Hall–Kier alpha value is -1.43. The van der Waals surface area contributed by atoms with Crippen LogP contribution >= 0.6 is 11.8 Å². The summed E-state index contributed by atoms with van der Waals surface area (Å²) in [7, 11) is 0. The van der Waals surface area contributed by atoms with Gasteiger partial charge in [0.2, 0.25) is 0 Å². The quantitative estimate of drug-likeness (QED) is 0.767. The third kappa shape index (κ3) is 7.22. The minimum atomic E-state index is -0.566. The maximum absolute atomic E-state index is 13.7. The monoisotopic (exact) mass is 314 g/mol. The first-order chi connectivity index (χ1) is 9.81. The van der Waals surface area contributed by atoms with Crippen LogP contribution in [0.3, 0.4) is 0 Å². The van der Waals surface area contributed by atoms with Crippen molar-refractivity contribution in [3.63, 3.8) is 0 Å². The Labute approximate surface area is 129 Å². The molecule has 21 heavy (non-hydrogen) atoms. The van der Waals surface area contributed by atoms with Crippen molar-refractivity contribution in [3.8, 4) is 0 Å². The predicted molar refractivity (Wildman–Crippen MR) is 87.7 cm³/mol. The number of benzene rings is 1. The Morgan fingerprint density at radius 3 is 2.71 bits per heavy atom. The second kappa shape index (κ2) is 8.12. The minimum absolute atomic E-state index is 0.339. The van der Waals surface area contributed by atoms with Gasteiger partial charge in [0.15, 0.2) is 0 Å². The molecule has 0 saturated carbocycles. The number of carbonyl (C=O) groups is 1. The van der Waals surface area contributed by atoms with E-state index < -0.39 is 11.7 Å². The molecule has 0 atom stereocenters. The zero-order chi connectivity index (χ0) is 15.9. The van der Waals surface area contributed by atoms with E-state index in [1.807, 2.05) is 6.26 Å². The summed E-state index contributed by atoms with van der Waals surface area (Å²) in [6.45, 7) is 6.05. The summed E-state index contributed by atoms with van der Waals surface area (Å²) in [6.07, 6.45) is 2.43. The number of rotatable bonds is 6. The van der Waals surface area contributed by atoms with Crippen molar-refractivity contribution in [2.45, 2.75) is 32.8 Å². The number of hydrogen-bond acceptors (Lipinski definition) is 4. The van der Waals surface area contributed by atoms with Crippen molar-refractivity contribution in [2.24, 2.45) is 0 Å². The Bertz CT molecular complexity index is 475. The largest absolute Gasteiger partial charge is 0.444 e. The SMILES string of the molecule is CSCCCNc1cc(NC(=O)OC(C)(C)C)ccc1F. The lowest BCUT2D eigenvalue weighted by atomic mass is 10.2. The molecule has 1 amide bonds. The molecule has 0 saturated heterocycles. The lowest BCUT2D eigenvalue weighted by Crippen LogP contribution is -2.27. The van der Waals surface area contributed by atoms with E-state index in [4.69, 9.17) is 4.74 Å². The number of anilines is 2. The zero-order valence-corrected chi connectivity index (χ0v) is 13.8. The molecule has 0 unspecified atom stereocenters. The summed E-state index contributed by atoms with van der Waals surface area (Å²) in [6, 6.07) is 4.40. The van der Waals surface area contributed by atoms with Gasteiger partial charge in [0.05, 0.1) is 5.69 Å². The fourth-order valence-corrected chi connectivity index (χ4v) is 2.03. The summed E-state index contributed by atoms with van der Waals surface area (Å²) in [5.74, 6) is 0.679. The first-order valence-corrected chi connectivity index (χ1v) is 8.23. The van der Waals surface area contributed by atoms with Gasteiger partial charge >= 0.3 is 6.09 Å². The molecule has 6 heteroatoms. The van der Waals surface area contributed by atoms with Gasteiger partial charge in [0.1, 0.15) is 11.4 Å². The molecule has 4 nitrogen and oxygen atoms in total. The Morgan fingerprint density at radius 2 is 2.10 bits per heavy atom. The zero-order valence-electron chi connectivity index (χ0n) is 13.0. The molecular weight excluding hydrogens is 291 g/mol. The van der Waals surface area contributed by atoms with Crippen LogP contribution in [0, 0.1) is 5.82 Å². The highest BCUT2D eigenvalue weighted by Crippen LogP contribution is 2.20. The number of hydrogen-bond donors (Lipinski definition) is 2. The summed E-state index contributed by atoms with van der Waals surface area (Å²) >= 11 is 1.75. The van der Waals surface area contributed by atoms with E-state index in [2.05, 4.69) is 10.6 Å². The summed E-state index contributed by atoms with van der Waals surface area (Å²) in [4.78, 5) is 11.7. The Kier molecular flexibility index (Phi) is 6.81. The van der Waals surface area contributed by atoms with Crippen molar-refractivity contribution in [1.82, 2.24) is 0 Å². The number of amides is 1. The van der Waals surface area contributed by atoms with Crippen LogP contribution < -0.4 is 10.6 Å². The molecule has 1 aromatic carbocycles. The molecule has 1 aromatic rings. The van der Waals surface area contributed by atoms with Gasteiger partial charge in [-0.05, 0) is 57.4 Å². The molecule has 0 aromatic heterocycles. The maximum Gasteiger partial charge on any atom is 0.412 e. The summed E-state index contributed by atoms with van der Waals surface area (Å²) < 4.78 is 18.8. The Morgan fingerprint density at radius 1 is 1.38 bits per heavy atom. The number of ether oxygens (including phenoxy) is 1. The standard InChI is InChI=1S/C15H23FN2O2S/c1-15(2,3)20-14(19)18-11-6-7-12(16)13(10-11)17-8-5-9-21-4/h6-7,10,17H,5,8-9H2,1-4H3,(H,18,19). The molecule has 0 fully saturated rings. The number of halogens is 1. The van der Waals surface area contributed by atoms with Crippen molar-refractivity contribution < 1.29 is 13.9 Å². The Balaban J connectivity index is 2.62. The molecule has 0 radical (unpaired) electrons. The first-order valence-electron chi connectivity index (χ1n) is 6.84. The molecule has 0 aliphatic heterocycles. The van der Waals surface area contributed by atoms with Crippen molar-refractivity contribution in [3.05, 3.63) is 24.0 Å². The summed E-state index contributed by atoms with van der Waals surface area (Å²) in [5.41, 5.74) is 0.311. The third-order valence-electron chi connectivity index (χ3n) is 2.45. The fraction of sp³-hybridized carbons (Fsp3) is 0.533. The van der Waals surface area contributed by atoms with Gasteiger partial charge in [0, 0.05) is 12.2 Å². The van der Waals surface area contributed by atoms with Crippen LogP contribution in [-0.2, 0) is 4.74 Å². The van der Waals surface area contributed by atoms with Crippen LogP contribution in [0.1, 0.15) is 27.2 Å². The molecule has 0 bridgehead atoms. The summed E-state index contributed by atoms with van der Waals surface area (Å²) in [5, 5.41) is 5.62. The maximum atomic E-state index is 13.7. The van der Waals surface area contributed by atoms with Crippen LogP contribution in [0.2, 0.25) is 0 Å². The lowest BCUT2D eigenvalue weighted by Gasteiger charge is -2.20. The van der Waals surface area contributed by atoms with Gasteiger partial charge in [0.25, 0.3) is 0 Å². The van der Waals surface area contributed by atoms with Gasteiger partial charge in [-0.1, -0.05) is 0 Å². The van der Waals surface area contributed by atoms with E-state index >= 15 is 0 Å². The molecule has 1 rings (SSSR count). The van der Waals surface area contributed by atoms with Gasteiger partial charge in [-0.15, -0.1) is 0 Å². The fourth-order valence-electron chi connectivity index (χ4n) is 1.60. The van der Waals surface area contributed by atoms with Gasteiger partial charge in [-0.2, -0.15) is 11.8 Å². The van der Waals surface area contributed by atoms with Crippen molar-refractivity contribution in [2.75, 3.05) is 29.2 Å². The van der Waals surface area contributed by atoms with E-state index in [1.54, 1.807) is 38.6 Å². The number of nitrogens with one attached hydrogen (secondary N) is 2. The highest BCUT2D eigenvalue weighted by Gasteiger charge is 2.16. The van der Waals surface area contributed by atoms with Gasteiger partial charge in [-0.25, -0.2) is 9.18 Å². The van der Waals surface area contributed by atoms with Crippen LogP contribution in [0.5, 0.6) is 0 Å². The second-order valence-corrected chi connectivity index (χ2v) is 6.58. The minimum Gasteiger partial charge on any atom is -0.444 e. The molecular formula is C15H23FN2O2S. The van der Waals surface area contributed by atoms with E-state index in [-0.39, 0.29) is 5.82 Å². The molecule has 0 aliphatic rings. The predicted octanol–water partition coefficient (Wildman–Crippen LogP) is 4.34. The lowest BCUT2D eigenvalue weighted by molar-refractivity contribution is 0.0636. The first kappa shape index (κ1) is 17.6. The van der Waals surface area contributed by atoms with Crippen LogP contribution in [0.4, 0.5) is 20.6 Å². The smallest absolute Gasteiger partial charge is 0.412 e. The number of thioether (sulfide) groups is 1. The molecule has 0 aliphatic carbocycles. The van der Waals surface area contributed by atoms with E-state index in [0.717, 1.165) is 12.2 Å². The molecule has 2 N–H and O–H groups in total. The van der Waals surface area contributed by atoms with Gasteiger partial charge < -0.3 is 10.1 Å². The molecule has 0 spiro atoms. The highest BCUT2D eigenvalue weighted by molar-refractivity contribution is 7.98. The normalized spacial score (nSPS) is 11.1. The van der Waals surface area contributed by atoms with Gasteiger partial charge in [-0.3, -0.25) is 5.32 Å². The van der Waals surface area contributed by atoms with Crippen LogP contribution in [0.15, 0.2) is 18.2 Å². The van der Waals surface area contributed by atoms with E-state index in [1.165, 1.54) is 12.1 Å². The molecule has 0 heterocycles. The van der Waals surface area contributed by atoms with E-state index in [0.29, 0.717) is 17.9 Å². The van der Waals surface area contributed by atoms with Crippen LogP contribution in [-0.4, -0.2) is 30.2 Å². The second-order valence-electron chi connectivity index (χ2n) is 5.59. The topological polar surface area (TPSA) is 50.4 Å². The average Bonchev–Trinajstić information content (AvgIpc) is 2.36. The van der Waals surface area contributed by atoms with E-state index in [9.17, 15) is 9.18 Å². The highest BCUT2D eigenvalue weighted by atomic mass is 32.2. The van der Waals surface area contributed by atoms with Crippen molar-refractivity contribution in [1.29, 1.82) is 0 Å². The molecule has 118 valence electrons. The van der Waals surface area contributed by atoms with Crippen LogP contribution in [0.25, 0.3) is 0 Å². The third-order valence-corrected chi connectivity index (χ3v) is 3.15. The average molecular weight is 314 g/mol. The number of carbonyl (C=O) groups excluding carboxylic acids is 1.